The molecule has 0 bridgehead atoms. The van der Waals surface area contributed by atoms with E-state index < -0.39 is 11.9 Å². The van der Waals surface area contributed by atoms with Gasteiger partial charge in [0.2, 0.25) is 0 Å². The van der Waals surface area contributed by atoms with Crippen LogP contribution in [0.15, 0.2) is 100 Å². The molecule has 0 rings (SSSR count). The second-order valence-corrected chi connectivity index (χ2v) is 6.47. The van der Waals surface area contributed by atoms with Crippen molar-refractivity contribution in [2.75, 3.05) is 39.3 Å². The molecule has 0 saturated heterocycles. The van der Waals surface area contributed by atoms with Crippen LogP contribution in [0.2, 0.25) is 0 Å². The Morgan fingerprint density at radius 2 is 1.00 bits per heavy atom. The van der Waals surface area contributed by atoms with Crippen LogP contribution in [-0.4, -0.2) is 61.2 Å². The van der Waals surface area contributed by atoms with Gasteiger partial charge >= 0.3 is 5.97 Å². The van der Waals surface area contributed by atoms with Crippen LogP contribution in [-0.2, 0) is 9.59 Å². The first-order chi connectivity index (χ1) is 15.0. The molecule has 32 heavy (non-hydrogen) atoms. The quantitative estimate of drug-likeness (QED) is 0.316. The Morgan fingerprint density at radius 3 is 1.12 bits per heavy atom. The summed E-state index contributed by atoms with van der Waals surface area (Å²) in [6.45, 7) is 36.7. The molecule has 0 aromatic rings. The van der Waals surface area contributed by atoms with E-state index in [1.165, 1.54) is 18.7 Å². The van der Waals surface area contributed by atoms with Crippen LogP contribution in [0, 0.1) is 0 Å². The van der Waals surface area contributed by atoms with Crippen molar-refractivity contribution in [2.24, 2.45) is 0 Å². The average Bonchev–Trinajstić information content (AvgIpc) is 2.70. The van der Waals surface area contributed by atoms with Gasteiger partial charge in [0.1, 0.15) is 0 Å². The van der Waals surface area contributed by atoms with Crippen molar-refractivity contribution in [2.45, 2.75) is 13.8 Å². The highest BCUT2D eigenvalue weighted by Crippen LogP contribution is 1.88. The Labute approximate surface area is 195 Å². The zero-order chi connectivity index (χ0) is 25.9. The summed E-state index contributed by atoms with van der Waals surface area (Å²) in [6.07, 6.45) is 11.4. The number of carboxylic acid groups (broad SMARTS) is 2. The Kier molecular flexibility index (Phi) is 31.4. The van der Waals surface area contributed by atoms with Gasteiger partial charge in [-0.3, -0.25) is 4.90 Å². The highest BCUT2D eigenvalue weighted by Gasteiger charge is 1.98. The Morgan fingerprint density at radius 1 is 0.750 bits per heavy atom. The van der Waals surface area contributed by atoms with E-state index in [-0.39, 0.29) is 11.1 Å². The van der Waals surface area contributed by atoms with E-state index >= 15 is 0 Å². The predicted octanol–water partition coefficient (Wildman–Crippen LogP) is 2.24. The number of nitrogens with one attached hydrogen (secondary N) is 1. The molecular weight excluding hydrogens is 404 g/mol. The number of hydrogen-bond acceptors (Lipinski definition) is 4. The summed E-state index contributed by atoms with van der Waals surface area (Å²) in [4.78, 5) is 22.7. The molecule has 0 aromatic carbocycles. The SMILES string of the molecule is C=C(C)C(=O)O.C=C(C)C(=O)[O-].C=CCN(CC=C)CC=C.C=CC[NH+](CC=C)CC=C. The van der Waals surface area contributed by atoms with Crippen LogP contribution >= 0.6 is 0 Å². The molecular formula is C26H42N2O4. The molecule has 0 aliphatic carbocycles. The molecule has 0 spiro atoms. The summed E-state index contributed by atoms with van der Waals surface area (Å²) in [6, 6.07) is 0. The van der Waals surface area contributed by atoms with Crippen LogP contribution < -0.4 is 10.0 Å². The summed E-state index contributed by atoms with van der Waals surface area (Å²) in [5, 5.41) is 17.4. The minimum atomic E-state index is -1.19. The van der Waals surface area contributed by atoms with Gasteiger partial charge in [0.05, 0.1) is 25.6 Å². The first kappa shape index (κ1) is 36.2. The molecule has 0 unspecified atom stereocenters. The van der Waals surface area contributed by atoms with Crippen molar-refractivity contribution in [3.8, 4) is 0 Å². The topological polar surface area (TPSA) is 85.1 Å². The lowest BCUT2D eigenvalue weighted by Gasteiger charge is -2.15. The van der Waals surface area contributed by atoms with Crippen molar-refractivity contribution < 1.29 is 24.7 Å². The zero-order valence-electron chi connectivity index (χ0n) is 20.0. The maximum absolute atomic E-state index is 9.60. The number of carboxylic acids is 2. The van der Waals surface area contributed by atoms with Gasteiger partial charge in [-0.2, -0.15) is 0 Å². The molecule has 2 N–H and O–H groups in total. The third-order valence-corrected chi connectivity index (χ3v) is 3.17. The maximum Gasteiger partial charge on any atom is 0.330 e. The molecule has 0 saturated carbocycles. The summed E-state index contributed by atoms with van der Waals surface area (Å²) < 4.78 is 0. The van der Waals surface area contributed by atoms with E-state index in [4.69, 9.17) is 5.11 Å². The Hall–Kier alpha value is -3.22. The van der Waals surface area contributed by atoms with Gasteiger partial charge in [-0.15, -0.1) is 19.7 Å². The van der Waals surface area contributed by atoms with E-state index in [9.17, 15) is 14.7 Å². The number of nitrogens with zero attached hydrogens (tertiary/aromatic N) is 1. The minimum absolute atomic E-state index is 0.0648. The van der Waals surface area contributed by atoms with Gasteiger partial charge in [-0.1, -0.05) is 51.1 Å². The van der Waals surface area contributed by atoms with Gasteiger partial charge in [0.15, 0.2) is 0 Å². The molecule has 0 amide bonds. The first-order valence-electron chi connectivity index (χ1n) is 9.95. The Balaban J connectivity index is -0.000000168. The lowest BCUT2D eigenvalue weighted by atomic mass is 10.4. The highest BCUT2D eigenvalue weighted by atomic mass is 16.4. The van der Waals surface area contributed by atoms with Crippen LogP contribution in [0.4, 0.5) is 0 Å². The molecule has 6 heteroatoms. The summed E-state index contributed by atoms with van der Waals surface area (Å²) in [5.74, 6) is -2.12. The minimum Gasteiger partial charge on any atom is -0.545 e. The number of aliphatic carboxylic acids is 2. The monoisotopic (exact) mass is 446 g/mol. The van der Waals surface area contributed by atoms with Crippen molar-refractivity contribution >= 4 is 11.9 Å². The standard InChI is InChI=1S/2C9H15N.2C4H6O2/c2*1-4-7-10(8-5-2)9-6-3;2*1-3(2)4(5)6/h2*4-6H,1-3,7-9H2;2*1H2,2H3,(H,5,6). The molecule has 0 aromatic heterocycles. The fourth-order valence-electron chi connectivity index (χ4n) is 1.63. The van der Waals surface area contributed by atoms with Crippen molar-refractivity contribution in [1.82, 2.24) is 4.90 Å². The van der Waals surface area contributed by atoms with E-state index in [1.54, 1.807) is 0 Å². The van der Waals surface area contributed by atoms with Gasteiger partial charge in [-0.25, -0.2) is 4.79 Å². The van der Waals surface area contributed by atoms with Crippen molar-refractivity contribution in [3.63, 3.8) is 0 Å². The maximum atomic E-state index is 9.60. The third kappa shape index (κ3) is 34.3. The van der Waals surface area contributed by atoms with Crippen molar-refractivity contribution in [1.29, 1.82) is 0 Å². The molecule has 6 nitrogen and oxygen atoms in total. The number of rotatable bonds is 14. The number of hydrogen-bond donors (Lipinski definition) is 2. The second-order valence-electron chi connectivity index (χ2n) is 6.47. The average molecular weight is 447 g/mol. The lowest BCUT2D eigenvalue weighted by Crippen LogP contribution is -3.11. The van der Waals surface area contributed by atoms with Crippen LogP contribution in [0.1, 0.15) is 13.8 Å². The molecule has 0 atom stereocenters. The van der Waals surface area contributed by atoms with E-state index in [2.05, 4.69) is 57.5 Å². The fraction of sp³-hybridized carbons (Fsp3) is 0.308. The van der Waals surface area contributed by atoms with Gasteiger partial charge in [0, 0.05) is 25.2 Å². The first-order valence-corrected chi connectivity index (χ1v) is 9.95. The van der Waals surface area contributed by atoms with Crippen LogP contribution in [0.25, 0.3) is 0 Å². The second kappa shape index (κ2) is 27.8. The molecule has 0 aliphatic heterocycles. The number of carbonyl (C=O) groups is 2. The predicted molar refractivity (Wildman–Crippen MR) is 135 cm³/mol. The van der Waals surface area contributed by atoms with Gasteiger partial charge < -0.3 is 19.9 Å². The zero-order valence-corrected chi connectivity index (χ0v) is 20.0. The van der Waals surface area contributed by atoms with Crippen molar-refractivity contribution in [3.05, 3.63) is 100 Å². The summed E-state index contributed by atoms with van der Waals surface area (Å²) >= 11 is 0. The lowest BCUT2D eigenvalue weighted by molar-refractivity contribution is -0.881. The molecule has 0 fully saturated rings. The molecule has 0 aliphatic rings. The largest absolute Gasteiger partial charge is 0.545 e. The van der Waals surface area contributed by atoms with E-state index in [0.717, 1.165) is 39.3 Å². The van der Waals surface area contributed by atoms with E-state index in [0.29, 0.717) is 0 Å². The third-order valence-electron chi connectivity index (χ3n) is 3.17. The summed E-state index contributed by atoms with van der Waals surface area (Å²) in [7, 11) is 0. The van der Waals surface area contributed by atoms with Gasteiger partial charge in [0.25, 0.3) is 0 Å². The Bertz CT molecular complexity index is 496. The smallest absolute Gasteiger partial charge is 0.330 e. The fourth-order valence-corrected chi connectivity index (χ4v) is 1.63. The normalized spacial score (nSPS) is 8.62. The van der Waals surface area contributed by atoms with Gasteiger partial charge in [-0.05, 0) is 37.6 Å². The number of quaternary nitrogens is 1. The number of carbonyl (C=O) groups excluding carboxylic acids is 1. The van der Waals surface area contributed by atoms with Crippen LogP contribution in [0.3, 0.4) is 0 Å². The van der Waals surface area contributed by atoms with Crippen LogP contribution in [0.5, 0.6) is 0 Å². The molecule has 0 radical (unpaired) electrons. The van der Waals surface area contributed by atoms with E-state index in [1.807, 2.05) is 36.5 Å². The molecule has 0 heterocycles. The highest BCUT2D eigenvalue weighted by molar-refractivity contribution is 5.84. The summed E-state index contributed by atoms with van der Waals surface area (Å²) in [5.41, 5.74) is 0.241. The molecule has 180 valence electrons.